The van der Waals surface area contributed by atoms with Crippen LogP contribution in [0.5, 0.6) is 11.6 Å². The van der Waals surface area contributed by atoms with Crippen molar-refractivity contribution in [2.24, 2.45) is 5.92 Å². The first kappa shape index (κ1) is 28.7. The van der Waals surface area contributed by atoms with Crippen LogP contribution in [0.25, 0.3) is 11.3 Å². The highest BCUT2D eigenvalue weighted by Crippen LogP contribution is 2.37. The van der Waals surface area contributed by atoms with Crippen LogP contribution in [0.4, 0.5) is 14.7 Å². The maximum absolute atomic E-state index is 15.6. The number of nitrogens with zero attached hydrogens (tertiary/aromatic N) is 3. The summed E-state index contributed by atoms with van der Waals surface area (Å²) < 4.78 is 62.2. The van der Waals surface area contributed by atoms with E-state index < -0.39 is 28.9 Å². The van der Waals surface area contributed by atoms with Crippen molar-refractivity contribution in [2.75, 3.05) is 18.4 Å². The van der Waals surface area contributed by atoms with Gasteiger partial charge >= 0.3 is 0 Å². The highest BCUT2D eigenvalue weighted by molar-refractivity contribution is 7.77. The molecule has 0 amide bonds. The van der Waals surface area contributed by atoms with Crippen LogP contribution in [0, 0.1) is 24.5 Å². The van der Waals surface area contributed by atoms with Crippen molar-refractivity contribution < 1.29 is 22.3 Å². The third-order valence-electron chi connectivity index (χ3n) is 6.84. The lowest BCUT2D eigenvalue weighted by molar-refractivity contribution is 0.377. The number of pyridine rings is 1. The summed E-state index contributed by atoms with van der Waals surface area (Å²) in [6, 6.07) is 13.8. The fraction of sp³-hybridized carbons (Fsp3) is 0.276. The van der Waals surface area contributed by atoms with Crippen molar-refractivity contribution in [3.05, 3.63) is 95.3 Å². The number of piperidine rings is 1. The average molecular weight is 580 g/mol. The fourth-order valence-corrected chi connectivity index (χ4v) is 5.40. The summed E-state index contributed by atoms with van der Waals surface area (Å²) in [4.78, 5) is 13.2. The molecule has 1 saturated heterocycles. The Morgan fingerprint density at radius 3 is 2.63 bits per heavy atom. The zero-order valence-corrected chi connectivity index (χ0v) is 23.3. The van der Waals surface area contributed by atoms with Crippen molar-refractivity contribution in [1.82, 2.24) is 25.0 Å². The second kappa shape index (κ2) is 12.8. The van der Waals surface area contributed by atoms with Gasteiger partial charge in [-0.15, -0.1) is 0 Å². The number of nitrogens with one attached hydrogen (secondary N) is 3. The standard InChI is InChI=1S/C29H30F2N6O3S/c1-17-13-20(16-32-15-17)35-29-34-12-10-23(36-29)21-9-6-11-33-28(21)40-27-18(2)14-22(24(30)25(27)31)26(37-41(38)39)19-7-4-3-5-8-19/h3-12,14,17,20,26,32,37H,13,15-16H2,1-2H3,(H,38,39)(H,34,35,36)/p-1/t17-,20+,26?/m1/s1. The molecule has 4 atom stereocenters. The van der Waals surface area contributed by atoms with E-state index in [4.69, 9.17) is 4.74 Å². The Morgan fingerprint density at radius 2 is 1.88 bits per heavy atom. The number of halogens is 2. The molecule has 1 fully saturated rings. The summed E-state index contributed by atoms with van der Waals surface area (Å²) in [6.45, 7) is 5.49. The molecule has 0 bridgehead atoms. The lowest BCUT2D eigenvalue weighted by Crippen LogP contribution is -2.42. The molecule has 2 aromatic heterocycles. The minimum atomic E-state index is -2.74. The Labute approximate surface area is 239 Å². The van der Waals surface area contributed by atoms with E-state index in [0.29, 0.717) is 28.7 Å². The van der Waals surface area contributed by atoms with Crippen LogP contribution in [0.3, 0.4) is 0 Å². The highest BCUT2D eigenvalue weighted by Gasteiger charge is 2.26. The molecule has 4 aromatic rings. The average Bonchev–Trinajstić information content (AvgIpc) is 2.97. The number of aromatic nitrogens is 3. The van der Waals surface area contributed by atoms with Crippen LogP contribution in [0.2, 0.25) is 0 Å². The van der Waals surface area contributed by atoms with Gasteiger partial charge in [-0.25, -0.2) is 24.1 Å². The normalized spacial score (nSPS) is 18.5. The van der Waals surface area contributed by atoms with Gasteiger partial charge in [-0.3, -0.25) is 4.21 Å². The predicted octanol–water partition coefficient (Wildman–Crippen LogP) is 4.80. The molecule has 12 heteroatoms. The van der Waals surface area contributed by atoms with Crippen LogP contribution < -0.4 is 20.1 Å². The Bertz CT molecular complexity index is 1540. The lowest BCUT2D eigenvalue weighted by atomic mass is 9.97. The quantitative estimate of drug-likeness (QED) is 0.242. The van der Waals surface area contributed by atoms with Crippen LogP contribution in [0.1, 0.15) is 36.1 Å². The third-order valence-corrected chi connectivity index (χ3v) is 7.27. The van der Waals surface area contributed by atoms with E-state index in [0.717, 1.165) is 19.5 Å². The van der Waals surface area contributed by atoms with Gasteiger partial charge in [0.1, 0.15) is 0 Å². The van der Waals surface area contributed by atoms with Gasteiger partial charge in [0.25, 0.3) is 0 Å². The second-order valence-corrected chi connectivity index (χ2v) is 10.7. The lowest BCUT2D eigenvalue weighted by Gasteiger charge is -2.28. The molecule has 0 spiro atoms. The topological polar surface area (TPSA) is 124 Å². The summed E-state index contributed by atoms with van der Waals surface area (Å²) in [7, 11) is 0. The van der Waals surface area contributed by atoms with Gasteiger partial charge in [0, 0.05) is 41.8 Å². The van der Waals surface area contributed by atoms with Crippen LogP contribution in [-0.2, 0) is 11.3 Å². The molecule has 0 aliphatic carbocycles. The number of ether oxygens (including phenoxy) is 1. The molecule has 2 aromatic carbocycles. The van der Waals surface area contributed by atoms with E-state index in [1.165, 1.54) is 12.3 Å². The molecule has 1 aliphatic rings. The first-order chi connectivity index (χ1) is 19.8. The van der Waals surface area contributed by atoms with Crippen molar-refractivity contribution in [3.63, 3.8) is 0 Å². The van der Waals surface area contributed by atoms with Crippen LogP contribution >= 0.6 is 0 Å². The van der Waals surface area contributed by atoms with Crippen molar-refractivity contribution in [2.45, 2.75) is 32.4 Å². The second-order valence-electron chi connectivity index (χ2n) is 10.0. The van der Waals surface area contributed by atoms with Crippen LogP contribution in [0.15, 0.2) is 67.0 Å². The van der Waals surface area contributed by atoms with Gasteiger partial charge in [-0.1, -0.05) is 37.3 Å². The van der Waals surface area contributed by atoms with Gasteiger partial charge in [-0.2, -0.15) is 4.39 Å². The molecule has 9 nitrogen and oxygen atoms in total. The first-order valence-electron chi connectivity index (χ1n) is 13.1. The van der Waals surface area contributed by atoms with Crippen molar-refractivity contribution in [1.29, 1.82) is 0 Å². The molecule has 41 heavy (non-hydrogen) atoms. The molecular formula is C29H29F2N6O3S-. The van der Waals surface area contributed by atoms with E-state index in [1.807, 2.05) is 0 Å². The summed E-state index contributed by atoms with van der Waals surface area (Å²) in [5.41, 5.74) is 1.47. The molecule has 5 rings (SSSR count). The minimum Gasteiger partial charge on any atom is -0.760 e. The van der Waals surface area contributed by atoms with Gasteiger partial charge in [0.05, 0.1) is 17.3 Å². The molecule has 0 saturated carbocycles. The molecule has 3 N–H and O–H groups in total. The largest absolute Gasteiger partial charge is 0.760 e. The summed E-state index contributed by atoms with van der Waals surface area (Å²) in [5, 5.41) is 6.74. The van der Waals surface area contributed by atoms with Gasteiger partial charge in [0.2, 0.25) is 17.6 Å². The molecule has 0 radical (unpaired) electrons. The molecule has 2 unspecified atom stereocenters. The monoisotopic (exact) mass is 579 g/mol. The predicted molar refractivity (Wildman–Crippen MR) is 151 cm³/mol. The number of benzene rings is 2. The number of anilines is 1. The molecule has 3 heterocycles. The highest BCUT2D eigenvalue weighted by atomic mass is 32.2. The Morgan fingerprint density at radius 1 is 1.07 bits per heavy atom. The molecule has 1 aliphatic heterocycles. The summed E-state index contributed by atoms with van der Waals surface area (Å²) in [6.07, 6.45) is 4.07. The maximum Gasteiger partial charge on any atom is 0.228 e. The van der Waals surface area contributed by atoms with Gasteiger partial charge < -0.3 is 19.9 Å². The minimum absolute atomic E-state index is 0.0256. The van der Waals surface area contributed by atoms with Gasteiger partial charge in [0.15, 0.2) is 11.6 Å². The summed E-state index contributed by atoms with van der Waals surface area (Å²) in [5.74, 6) is -1.88. The van der Waals surface area contributed by atoms with E-state index in [9.17, 15) is 8.76 Å². The first-order valence-corrected chi connectivity index (χ1v) is 14.2. The van der Waals surface area contributed by atoms with E-state index in [-0.39, 0.29) is 28.8 Å². The zero-order valence-electron chi connectivity index (χ0n) is 22.4. The Balaban J connectivity index is 1.45. The van der Waals surface area contributed by atoms with Gasteiger partial charge in [-0.05, 0) is 61.2 Å². The number of hydrogen-bond donors (Lipinski definition) is 3. The number of rotatable bonds is 9. The Kier molecular flexibility index (Phi) is 8.93. The fourth-order valence-electron chi connectivity index (χ4n) is 4.94. The van der Waals surface area contributed by atoms with Crippen molar-refractivity contribution in [3.8, 4) is 22.9 Å². The zero-order chi connectivity index (χ0) is 28.9. The maximum atomic E-state index is 15.6. The molecule has 214 valence electrons. The third kappa shape index (κ3) is 6.73. The smallest absolute Gasteiger partial charge is 0.228 e. The molecular weight excluding hydrogens is 550 g/mol. The number of aryl methyl sites for hydroxylation is 1. The number of hydrogen-bond acceptors (Lipinski definition) is 8. The van der Waals surface area contributed by atoms with Crippen LogP contribution in [-0.4, -0.2) is 42.8 Å². The summed E-state index contributed by atoms with van der Waals surface area (Å²) >= 11 is -2.74. The Hall–Kier alpha value is -3.84. The van der Waals surface area contributed by atoms with E-state index in [2.05, 4.69) is 37.2 Å². The SMILES string of the molecule is Cc1cc(C(NS(=O)[O-])c2ccccc2)c(F)c(F)c1Oc1ncccc1-c1ccnc(N[C@@H]2CNC[C@H](C)C2)n1. The van der Waals surface area contributed by atoms with Crippen molar-refractivity contribution >= 4 is 17.2 Å². The van der Waals surface area contributed by atoms with E-state index >= 15 is 8.78 Å². The van der Waals surface area contributed by atoms with E-state index in [1.54, 1.807) is 61.7 Å².